The number of aromatic nitrogens is 2. The number of carboxylic acids is 1. The Labute approximate surface area is 204 Å². The Balaban J connectivity index is 3.09. The van der Waals surface area contributed by atoms with Crippen molar-refractivity contribution in [2.75, 3.05) is 0 Å². The van der Waals surface area contributed by atoms with E-state index in [1.807, 2.05) is 13.8 Å². The lowest BCUT2D eigenvalue weighted by Crippen LogP contribution is -2.58. The van der Waals surface area contributed by atoms with Crippen molar-refractivity contribution in [3.63, 3.8) is 0 Å². The second-order valence-corrected chi connectivity index (χ2v) is 9.02. The maximum absolute atomic E-state index is 13.1. The number of hydrogen-bond donors (Lipinski definition) is 7. The molecule has 1 rings (SSSR count). The van der Waals surface area contributed by atoms with Gasteiger partial charge in [-0.1, -0.05) is 34.1 Å². The predicted molar refractivity (Wildman–Crippen MR) is 126 cm³/mol. The molecule has 9 N–H and O–H groups in total. The summed E-state index contributed by atoms with van der Waals surface area (Å²) in [4.78, 5) is 68.1. The van der Waals surface area contributed by atoms with E-state index in [1.165, 1.54) is 12.5 Å². The summed E-state index contributed by atoms with van der Waals surface area (Å²) < 4.78 is 0. The Morgan fingerprint density at radius 1 is 1.03 bits per heavy atom. The van der Waals surface area contributed by atoms with Crippen LogP contribution in [0.2, 0.25) is 0 Å². The number of carboxylic acid groups (broad SMARTS) is 1. The standard InChI is InChI=1S/C22H37N7O6/c1-5-12(4)18(22(34)35)29-21(33)16(7-13-9-25-10-26-13)28-20(32)15(6-11(2)3)27-19(31)14(23)8-17(24)30/h9-12,14-16,18H,5-8,23H2,1-4H3,(H2,24,30)(H,25,26)(H,27,31)(H,28,32)(H,29,33)(H,34,35). The summed E-state index contributed by atoms with van der Waals surface area (Å²) in [6, 6.07) is -4.58. The van der Waals surface area contributed by atoms with Crippen LogP contribution < -0.4 is 27.4 Å². The van der Waals surface area contributed by atoms with Crippen LogP contribution in [0.4, 0.5) is 0 Å². The molecule has 0 aromatic carbocycles. The molecule has 5 atom stereocenters. The van der Waals surface area contributed by atoms with Gasteiger partial charge in [-0.25, -0.2) is 9.78 Å². The van der Waals surface area contributed by atoms with Gasteiger partial charge < -0.3 is 37.5 Å². The number of H-pyrrole nitrogens is 1. The highest BCUT2D eigenvalue weighted by Crippen LogP contribution is 2.10. The Morgan fingerprint density at radius 3 is 2.11 bits per heavy atom. The molecule has 196 valence electrons. The number of primary amides is 1. The minimum atomic E-state index is -1.23. The molecule has 1 aromatic heterocycles. The van der Waals surface area contributed by atoms with Crippen LogP contribution in [0.3, 0.4) is 0 Å². The Bertz CT molecular complexity index is 874. The number of nitrogens with one attached hydrogen (secondary N) is 4. The van der Waals surface area contributed by atoms with Crippen LogP contribution in [0.5, 0.6) is 0 Å². The average molecular weight is 496 g/mol. The van der Waals surface area contributed by atoms with Crippen LogP contribution in [0, 0.1) is 11.8 Å². The van der Waals surface area contributed by atoms with Gasteiger partial charge in [-0.2, -0.15) is 0 Å². The van der Waals surface area contributed by atoms with Gasteiger partial charge in [0.2, 0.25) is 23.6 Å². The van der Waals surface area contributed by atoms with E-state index < -0.39 is 53.8 Å². The van der Waals surface area contributed by atoms with Crippen molar-refractivity contribution in [3.8, 4) is 0 Å². The predicted octanol–water partition coefficient (Wildman–Crippen LogP) is -1.21. The molecule has 1 aromatic rings. The smallest absolute Gasteiger partial charge is 0.326 e. The molecule has 0 aliphatic heterocycles. The van der Waals surface area contributed by atoms with E-state index in [-0.39, 0.29) is 31.1 Å². The molecule has 0 aliphatic carbocycles. The minimum Gasteiger partial charge on any atom is -0.480 e. The number of imidazole rings is 1. The first kappa shape index (κ1) is 29.6. The van der Waals surface area contributed by atoms with Crippen molar-refractivity contribution in [3.05, 3.63) is 18.2 Å². The number of carbonyl (C=O) groups excluding carboxylic acids is 4. The third kappa shape index (κ3) is 10.1. The largest absolute Gasteiger partial charge is 0.480 e. The van der Waals surface area contributed by atoms with Crippen molar-refractivity contribution >= 4 is 29.6 Å². The van der Waals surface area contributed by atoms with Crippen LogP contribution in [0.15, 0.2) is 12.5 Å². The second-order valence-electron chi connectivity index (χ2n) is 9.02. The summed E-state index contributed by atoms with van der Waals surface area (Å²) in [5, 5.41) is 17.2. The third-order valence-corrected chi connectivity index (χ3v) is 5.49. The van der Waals surface area contributed by atoms with Crippen LogP contribution >= 0.6 is 0 Å². The van der Waals surface area contributed by atoms with Crippen LogP contribution in [0.25, 0.3) is 0 Å². The van der Waals surface area contributed by atoms with Gasteiger partial charge in [0.1, 0.15) is 18.1 Å². The molecule has 1 heterocycles. The quantitative estimate of drug-likeness (QED) is 0.156. The van der Waals surface area contributed by atoms with Gasteiger partial charge in [0.15, 0.2) is 0 Å². The third-order valence-electron chi connectivity index (χ3n) is 5.49. The van der Waals surface area contributed by atoms with Crippen molar-refractivity contribution in [1.82, 2.24) is 25.9 Å². The SMILES string of the molecule is CCC(C)C(NC(=O)C(Cc1cnc[nH]1)NC(=O)C(CC(C)C)NC(=O)C(N)CC(N)=O)C(=O)O. The molecule has 5 unspecified atom stereocenters. The molecule has 0 fully saturated rings. The second kappa shape index (κ2) is 14.0. The van der Waals surface area contributed by atoms with Gasteiger partial charge in [0.05, 0.1) is 18.8 Å². The number of aromatic amines is 1. The first-order chi connectivity index (χ1) is 16.3. The molecule has 13 nitrogen and oxygen atoms in total. The first-order valence-electron chi connectivity index (χ1n) is 11.5. The summed E-state index contributed by atoms with van der Waals surface area (Å²) in [5.41, 5.74) is 11.3. The number of nitrogens with zero attached hydrogens (tertiary/aromatic N) is 1. The van der Waals surface area contributed by atoms with E-state index in [0.717, 1.165) is 0 Å². The highest BCUT2D eigenvalue weighted by Gasteiger charge is 2.32. The summed E-state index contributed by atoms with van der Waals surface area (Å²) in [5.74, 6) is -4.40. The van der Waals surface area contributed by atoms with Crippen molar-refractivity contribution in [1.29, 1.82) is 0 Å². The lowest BCUT2D eigenvalue weighted by Gasteiger charge is -2.27. The van der Waals surface area contributed by atoms with E-state index >= 15 is 0 Å². The fourth-order valence-corrected chi connectivity index (χ4v) is 3.33. The molecule has 0 saturated carbocycles. The fraction of sp³-hybridized carbons (Fsp3) is 0.636. The Morgan fingerprint density at radius 2 is 1.63 bits per heavy atom. The Hall–Kier alpha value is -3.48. The first-order valence-corrected chi connectivity index (χ1v) is 11.5. The summed E-state index contributed by atoms with van der Waals surface area (Å²) in [6.45, 7) is 7.19. The van der Waals surface area contributed by atoms with Crippen molar-refractivity contribution in [2.45, 2.75) is 77.5 Å². The maximum Gasteiger partial charge on any atom is 0.326 e. The zero-order valence-corrected chi connectivity index (χ0v) is 20.5. The molecule has 0 radical (unpaired) electrons. The summed E-state index contributed by atoms with van der Waals surface area (Å²) in [6.07, 6.45) is 3.25. The molecule has 0 aliphatic rings. The molecular weight excluding hydrogens is 458 g/mol. The number of amides is 4. The normalized spacial score (nSPS) is 15.4. The highest BCUT2D eigenvalue weighted by molar-refractivity contribution is 5.95. The van der Waals surface area contributed by atoms with Crippen LogP contribution in [-0.4, -0.2) is 68.8 Å². The van der Waals surface area contributed by atoms with Crippen molar-refractivity contribution in [2.24, 2.45) is 23.3 Å². The molecule has 4 amide bonds. The highest BCUT2D eigenvalue weighted by atomic mass is 16.4. The number of rotatable bonds is 15. The van der Waals surface area contributed by atoms with Gasteiger partial charge in [-0.15, -0.1) is 0 Å². The number of hydrogen-bond acceptors (Lipinski definition) is 7. The molecule has 0 spiro atoms. The molecular formula is C22H37N7O6. The summed E-state index contributed by atoms with van der Waals surface area (Å²) in [7, 11) is 0. The monoisotopic (exact) mass is 495 g/mol. The average Bonchev–Trinajstić information content (AvgIpc) is 3.27. The van der Waals surface area contributed by atoms with Gasteiger partial charge >= 0.3 is 5.97 Å². The molecule has 35 heavy (non-hydrogen) atoms. The van der Waals surface area contributed by atoms with Crippen LogP contribution in [0.1, 0.15) is 52.7 Å². The number of nitrogens with two attached hydrogens (primary N) is 2. The van der Waals surface area contributed by atoms with E-state index in [0.29, 0.717) is 12.1 Å². The minimum absolute atomic E-state index is 0.00789. The summed E-state index contributed by atoms with van der Waals surface area (Å²) >= 11 is 0. The van der Waals surface area contributed by atoms with Gasteiger partial charge in [-0.05, 0) is 18.3 Å². The number of carbonyl (C=O) groups is 5. The van der Waals surface area contributed by atoms with E-state index in [4.69, 9.17) is 11.5 Å². The van der Waals surface area contributed by atoms with E-state index in [9.17, 15) is 29.1 Å². The molecule has 0 bridgehead atoms. The molecule has 0 saturated heterocycles. The van der Waals surface area contributed by atoms with Gasteiger partial charge in [-0.3, -0.25) is 19.2 Å². The van der Waals surface area contributed by atoms with Gasteiger partial charge in [0.25, 0.3) is 0 Å². The lowest BCUT2D eigenvalue weighted by atomic mass is 9.98. The zero-order valence-electron chi connectivity index (χ0n) is 20.5. The maximum atomic E-state index is 13.1. The fourth-order valence-electron chi connectivity index (χ4n) is 3.33. The zero-order chi connectivity index (χ0) is 26.7. The molecule has 13 heteroatoms. The Kier molecular flexibility index (Phi) is 11.9. The lowest BCUT2D eigenvalue weighted by molar-refractivity contribution is -0.143. The van der Waals surface area contributed by atoms with E-state index in [1.54, 1.807) is 13.8 Å². The topological polar surface area (TPSA) is 222 Å². The van der Waals surface area contributed by atoms with Crippen molar-refractivity contribution < 1.29 is 29.1 Å². The van der Waals surface area contributed by atoms with Crippen LogP contribution in [-0.2, 0) is 30.4 Å². The van der Waals surface area contributed by atoms with E-state index in [2.05, 4.69) is 25.9 Å². The van der Waals surface area contributed by atoms with Gasteiger partial charge in [0, 0.05) is 18.3 Å². The number of aliphatic carboxylic acids is 1.